The first kappa shape index (κ1) is 18.4. The lowest BCUT2D eigenvalue weighted by atomic mass is 9.95. The van der Waals surface area contributed by atoms with Gasteiger partial charge in [-0.25, -0.2) is 0 Å². The number of amides is 1. The van der Waals surface area contributed by atoms with Crippen molar-refractivity contribution >= 4 is 5.91 Å². The second kappa shape index (κ2) is 7.74. The average Bonchev–Trinajstić information content (AvgIpc) is 2.52. The van der Waals surface area contributed by atoms with Crippen LogP contribution in [0.25, 0.3) is 0 Å². The average molecular weight is 347 g/mol. The van der Waals surface area contributed by atoms with Gasteiger partial charge in [-0.15, -0.1) is 0 Å². The molecule has 0 aromatic heterocycles. The van der Waals surface area contributed by atoms with Gasteiger partial charge in [0.2, 0.25) is 5.91 Å². The summed E-state index contributed by atoms with van der Waals surface area (Å²) in [6.45, 7) is 0.278. The third-order valence-electron chi connectivity index (χ3n) is 3.57. The number of methoxy groups -OCH3 is 1. The Bertz CT molecular complexity index is 577. The highest BCUT2D eigenvalue weighted by Gasteiger charge is 2.29. The van der Waals surface area contributed by atoms with Crippen LogP contribution >= 0.6 is 0 Å². The Balaban J connectivity index is 1.83. The lowest BCUT2D eigenvalue weighted by Crippen LogP contribution is -2.43. The molecule has 8 heteroatoms. The molecule has 1 aliphatic rings. The molecule has 1 aromatic carbocycles. The first-order valence-electron chi connectivity index (χ1n) is 7.53. The summed E-state index contributed by atoms with van der Waals surface area (Å²) >= 11 is 0. The molecule has 1 aliphatic heterocycles. The maximum absolute atomic E-state index is 12.2. The van der Waals surface area contributed by atoms with E-state index >= 15 is 0 Å². The number of carbonyl (C=O) groups is 1. The van der Waals surface area contributed by atoms with Gasteiger partial charge >= 0.3 is 6.18 Å². The van der Waals surface area contributed by atoms with Gasteiger partial charge in [-0.1, -0.05) is 6.07 Å². The van der Waals surface area contributed by atoms with Crippen molar-refractivity contribution in [1.29, 1.82) is 0 Å². The molecule has 5 nitrogen and oxygen atoms in total. The molecule has 0 aliphatic carbocycles. The fourth-order valence-electron chi connectivity index (χ4n) is 2.40. The van der Waals surface area contributed by atoms with Crippen molar-refractivity contribution in [1.82, 2.24) is 5.32 Å². The molecule has 0 saturated carbocycles. The third kappa shape index (κ3) is 5.30. The van der Waals surface area contributed by atoms with Crippen LogP contribution in [0.5, 0.6) is 11.5 Å². The van der Waals surface area contributed by atoms with Crippen LogP contribution in [-0.2, 0) is 16.0 Å². The van der Waals surface area contributed by atoms with Gasteiger partial charge in [-0.05, 0) is 25.0 Å². The standard InChI is InChI=1S/C16H20F3NO4/c1-10(7-23-9-16(17,18)19)20-15(21)12-5-11-3-4-13(22-2)6-14(11)24-8-12/h3-4,6,10,12H,5,7-9H2,1-2H3,(H,20,21)/t10-,12-/m0/s1. The molecular formula is C16H20F3NO4. The maximum atomic E-state index is 12.2. The lowest BCUT2D eigenvalue weighted by molar-refractivity contribution is -0.175. The van der Waals surface area contributed by atoms with E-state index in [1.807, 2.05) is 6.07 Å². The van der Waals surface area contributed by atoms with E-state index in [0.29, 0.717) is 17.9 Å². The zero-order valence-electron chi connectivity index (χ0n) is 13.5. The van der Waals surface area contributed by atoms with E-state index in [1.165, 1.54) is 0 Å². The van der Waals surface area contributed by atoms with Crippen LogP contribution in [0.2, 0.25) is 0 Å². The summed E-state index contributed by atoms with van der Waals surface area (Å²) in [7, 11) is 1.56. The number of fused-ring (bicyclic) bond motifs is 1. The van der Waals surface area contributed by atoms with Crippen LogP contribution in [0.3, 0.4) is 0 Å². The lowest BCUT2D eigenvalue weighted by Gasteiger charge is -2.26. The number of nitrogens with one attached hydrogen (secondary N) is 1. The van der Waals surface area contributed by atoms with Gasteiger partial charge < -0.3 is 19.5 Å². The Hall–Kier alpha value is -1.96. The fourth-order valence-corrected chi connectivity index (χ4v) is 2.40. The summed E-state index contributed by atoms with van der Waals surface area (Å²) in [5, 5.41) is 2.65. The highest BCUT2D eigenvalue weighted by molar-refractivity contribution is 5.79. The van der Waals surface area contributed by atoms with Crippen molar-refractivity contribution in [2.24, 2.45) is 5.92 Å². The Labute approximate surface area is 138 Å². The van der Waals surface area contributed by atoms with E-state index in [4.69, 9.17) is 9.47 Å². The summed E-state index contributed by atoms with van der Waals surface area (Å²) in [4.78, 5) is 12.2. The van der Waals surface area contributed by atoms with E-state index in [-0.39, 0.29) is 19.1 Å². The topological polar surface area (TPSA) is 56.8 Å². The molecule has 1 aromatic rings. The van der Waals surface area contributed by atoms with Gasteiger partial charge in [0.05, 0.1) is 19.6 Å². The highest BCUT2D eigenvalue weighted by Crippen LogP contribution is 2.31. The van der Waals surface area contributed by atoms with E-state index in [9.17, 15) is 18.0 Å². The summed E-state index contributed by atoms with van der Waals surface area (Å²) in [5.41, 5.74) is 0.892. The quantitative estimate of drug-likeness (QED) is 0.858. The molecule has 2 atom stereocenters. The highest BCUT2D eigenvalue weighted by atomic mass is 19.4. The Morgan fingerprint density at radius 3 is 2.88 bits per heavy atom. The molecule has 0 spiro atoms. The van der Waals surface area contributed by atoms with Gasteiger partial charge in [0, 0.05) is 12.1 Å². The van der Waals surface area contributed by atoms with Gasteiger partial charge in [-0.3, -0.25) is 4.79 Å². The number of carbonyl (C=O) groups excluding carboxylic acids is 1. The number of benzene rings is 1. The van der Waals surface area contributed by atoms with Crippen LogP contribution in [0.15, 0.2) is 18.2 Å². The Morgan fingerprint density at radius 1 is 1.46 bits per heavy atom. The largest absolute Gasteiger partial charge is 0.497 e. The van der Waals surface area contributed by atoms with Crippen molar-refractivity contribution in [2.45, 2.75) is 25.6 Å². The molecule has 0 bridgehead atoms. The molecule has 0 fully saturated rings. The van der Waals surface area contributed by atoms with E-state index in [0.717, 1.165) is 5.56 Å². The second-order valence-corrected chi connectivity index (χ2v) is 5.73. The fraction of sp³-hybridized carbons (Fsp3) is 0.562. The number of alkyl halides is 3. The predicted molar refractivity (Wildman–Crippen MR) is 80.2 cm³/mol. The molecular weight excluding hydrogens is 327 g/mol. The van der Waals surface area contributed by atoms with E-state index in [1.54, 1.807) is 26.2 Å². The minimum Gasteiger partial charge on any atom is -0.497 e. The molecule has 1 N–H and O–H groups in total. The Morgan fingerprint density at radius 2 is 2.21 bits per heavy atom. The minimum absolute atomic E-state index is 0.202. The van der Waals surface area contributed by atoms with Crippen molar-refractivity contribution in [2.75, 3.05) is 26.9 Å². The van der Waals surface area contributed by atoms with Crippen molar-refractivity contribution < 1.29 is 32.2 Å². The summed E-state index contributed by atoms with van der Waals surface area (Å²) in [6, 6.07) is 4.87. The van der Waals surface area contributed by atoms with Gasteiger partial charge in [0.1, 0.15) is 24.7 Å². The van der Waals surface area contributed by atoms with Crippen LogP contribution in [0, 0.1) is 5.92 Å². The Kier molecular flexibility index (Phi) is 5.93. The molecule has 24 heavy (non-hydrogen) atoms. The van der Waals surface area contributed by atoms with Gasteiger partial charge in [0.25, 0.3) is 0 Å². The number of hydrogen-bond donors (Lipinski definition) is 1. The zero-order valence-corrected chi connectivity index (χ0v) is 13.5. The number of rotatable bonds is 6. The van der Waals surface area contributed by atoms with E-state index < -0.39 is 24.7 Å². The summed E-state index contributed by atoms with van der Waals surface area (Å²) in [6.07, 6.45) is -3.87. The van der Waals surface area contributed by atoms with Gasteiger partial charge in [0.15, 0.2) is 0 Å². The SMILES string of the molecule is COc1ccc2c(c1)OC[C@@H](C(=O)N[C@@H](C)COCC(F)(F)F)C2. The second-order valence-electron chi connectivity index (χ2n) is 5.73. The first-order valence-corrected chi connectivity index (χ1v) is 7.53. The summed E-state index contributed by atoms with van der Waals surface area (Å²) in [5.74, 6) is 0.697. The maximum Gasteiger partial charge on any atom is 0.411 e. The molecule has 0 radical (unpaired) electrons. The number of ether oxygens (including phenoxy) is 3. The smallest absolute Gasteiger partial charge is 0.411 e. The van der Waals surface area contributed by atoms with Crippen LogP contribution in [-0.4, -0.2) is 45.1 Å². The first-order chi connectivity index (χ1) is 11.3. The molecule has 1 amide bonds. The van der Waals surface area contributed by atoms with E-state index in [2.05, 4.69) is 10.1 Å². The minimum atomic E-state index is -4.37. The number of halogens is 3. The van der Waals surface area contributed by atoms with Crippen molar-refractivity contribution in [3.05, 3.63) is 23.8 Å². The van der Waals surface area contributed by atoms with Crippen molar-refractivity contribution in [3.8, 4) is 11.5 Å². The van der Waals surface area contributed by atoms with Crippen LogP contribution < -0.4 is 14.8 Å². The monoisotopic (exact) mass is 347 g/mol. The molecule has 0 unspecified atom stereocenters. The normalized spacial score (nSPS) is 18.3. The molecule has 1 heterocycles. The molecule has 2 rings (SSSR count). The summed E-state index contributed by atoms with van der Waals surface area (Å²) < 4.78 is 51.3. The zero-order chi connectivity index (χ0) is 17.7. The predicted octanol–water partition coefficient (Wildman–Crippen LogP) is 2.33. The molecule has 0 saturated heterocycles. The van der Waals surface area contributed by atoms with Gasteiger partial charge in [-0.2, -0.15) is 13.2 Å². The molecule has 134 valence electrons. The van der Waals surface area contributed by atoms with Crippen molar-refractivity contribution in [3.63, 3.8) is 0 Å². The third-order valence-corrected chi connectivity index (χ3v) is 3.57. The van der Waals surface area contributed by atoms with Crippen LogP contribution in [0.4, 0.5) is 13.2 Å². The van der Waals surface area contributed by atoms with Crippen LogP contribution in [0.1, 0.15) is 12.5 Å². The number of hydrogen-bond acceptors (Lipinski definition) is 4.